The third-order valence-electron chi connectivity index (χ3n) is 14.5. The maximum absolute atomic E-state index is 2.51. The summed E-state index contributed by atoms with van der Waals surface area (Å²) in [7, 11) is 0. The lowest BCUT2D eigenvalue weighted by Crippen LogP contribution is -2.23. The SMILES string of the molecule is CCC1(CC)c2cc(/C=C/c3ccc4cc(-c5ccccc5)c(-c5ccccc5)cc4c3)ccc2-c2ccc(N(c3ccccc3)c3cc4c5ccccc5ccc4c4ccccc34)cc21. The minimum absolute atomic E-state index is 0.123. The predicted molar refractivity (Wildman–Crippen MR) is 284 cm³/mol. The predicted octanol–water partition coefficient (Wildman–Crippen LogP) is 18.4. The Balaban J connectivity index is 0.940. The van der Waals surface area contributed by atoms with Crippen LogP contribution < -0.4 is 4.90 Å². The fourth-order valence-electron chi connectivity index (χ4n) is 11.1. The van der Waals surface area contributed by atoms with Crippen molar-refractivity contribution < 1.29 is 0 Å². The molecule has 12 rings (SSSR count). The van der Waals surface area contributed by atoms with Crippen LogP contribution in [0.15, 0.2) is 224 Å². The monoisotopic (exact) mass is 843 g/mol. The average Bonchev–Trinajstić information content (AvgIpc) is 3.66. The smallest absolute Gasteiger partial charge is 0.0546 e. The summed E-state index contributed by atoms with van der Waals surface area (Å²) in [6.45, 7) is 4.74. The first-order chi connectivity index (χ1) is 32.6. The largest absolute Gasteiger partial charge is 0.310 e. The molecule has 0 radical (unpaired) electrons. The van der Waals surface area contributed by atoms with Gasteiger partial charge in [0.05, 0.1) is 5.69 Å². The second-order valence-corrected chi connectivity index (χ2v) is 17.9. The number of nitrogens with zero attached hydrogens (tertiary/aromatic N) is 1. The molecule has 0 saturated heterocycles. The molecular formula is C65H49N. The van der Waals surface area contributed by atoms with Crippen molar-refractivity contribution in [2.45, 2.75) is 32.1 Å². The summed E-state index contributed by atoms with van der Waals surface area (Å²) in [5.74, 6) is 0. The highest BCUT2D eigenvalue weighted by molar-refractivity contribution is 6.21. The van der Waals surface area contributed by atoms with Gasteiger partial charge in [-0.1, -0.05) is 202 Å². The maximum Gasteiger partial charge on any atom is 0.0546 e. The van der Waals surface area contributed by atoms with E-state index in [0.29, 0.717) is 0 Å². The Morgan fingerprint density at radius 2 is 0.879 bits per heavy atom. The van der Waals surface area contributed by atoms with Crippen LogP contribution in [0.4, 0.5) is 17.1 Å². The quantitative estimate of drug-likeness (QED) is 0.103. The summed E-state index contributed by atoms with van der Waals surface area (Å²) in [5, 5.41) is 10.1. The first-order valence-corrected chi connectivity index (χ1v) is 23.4. The summed E-state index contributed by atoms with van der Waals surface area (Å²) in [6, 6.07) is 83.1. The average molecular weight is 844 g/mol. The molecule has 0 unspecified atom stereocenters. The van der Waals surface area contributed by atoms with Crippen molar-refractivity contribution in [2.24, 2.45) is 0 Å². The van der Waals surface area contributed by atoms with Crippen molar-refractivity contribution in [3.05, 3.63) is 247 Å². The molecule has 0 atom stereocenters. The molecular weight excluding hydrogens is 795 g/mol. The van der Waals surface area contributed by atoms with Crippen LogP contribution in [-0.4, -0.2) is 0 Å². The van der Waals surface area contributed by atoms with Gasteiger partial charge in [0, 0.05) is 22.2 Å². The molecule has 314 valence electrons. The van der Waals surface area contributed by atoms with Gasteiger partial charge in [0.25, 0.3) is 0 Å². The fraction of sp³-hybridized carbons (Fsp3) is 0.0769. The van der Waals surface area contributed by atoms with E-state index in [0.717, 1.165) is 18.5 Å². The van der Waals surface area contributed by atoms with E-state index in [4.69, 9.17) is 0 Å². The van der Waals surface area contributed by atoms with Gasteiger partial charge in [-0.05, 0) is 155 Å². The standard InChI is InChI=1S/C65H49N/c1-3-65(4-2)62-39-45(29-28-44-30-32-49-40-59(46-18-8-5-9-19-46)60(41-50(49)38-44)47-20-10-6-11-21-47)31-35-56(62)57-37-34-52(42-63(57)65)66(51-23-12-7-13-24-51)64-43-61-53-25-15-14-22-48(53)33-36-55(61)54-26-16-17-27-58(54)64/h5-43H,3-4H2,1-2H3/b29-28+. The van der Waals surface area contributed by atoms with Crippen LogP contribution in [0.1, 0.15) is 48.9 Å². The van der Waals surface area contributed by atoms with Crippen molar-refractivity contribution in [3.63, 3.8) is 0 Å². The van der Waals surface area contributed by atoms with Crippen molar-refractivity contribution in [1.82, 2.24) is 0 Å². The lowest BCUT2D eigenvalue weighted by atomic mass is 9.73. The Morgan fingerprint density at radius 1 is 0.348 bits per heavy atom. The van der Waals surface area contributed by atoms with Crippen molar-refractivity contribution in [1.29, 1.82) is 0 Å². The van der Waals surface area contributed by atoms with Crippen LogP contribution in [0.5, 0.6) is 0 Å². The van der Waals surface area contributed by atoms with Gasteiger partial charge in [-0.2, -0.15) is 0 Å². The molecule has 0 aromatic heterocycles. The number of rotatable bonds is 9. The third-order valence-corrected chi connectivity index (χ3v) is 14.5. The topological polar surface area (TPSA) is 3.24 Å². The van der Waals surface area contributed by atoms with Gasteiger partial charge in [0.15, 0.2) is 0 Å². The molecule has 1 nitrogen and oxygen atoms in total. The second-order valence-electron chi connectivity index (χ2n) is 17.9. The van der Waals surface area contributed by atoms with E-state index in [1.165, 1.54) is 110 Å². The minimum atomic E-state index is -0.123. The molecule has 11 aromatic rings. The van der Waals surface area contributed by atoms with Crippen LogP contribution in [0.25, 0.3) is 88.6 Å². The summed E-state index contributed by atoms with van der Waals surface area (Å²) < 4.78 is 0. The third kappa shape index (κ3) is 6.54. The number of anilines is 3. The highest BCUT2D eigenvalue weighted by Crippen LogP contribution is 2.55. The highest BCUT2D eigenvalue weighted by Gasteiger charge is 2.41. The van der Waals surface area contributed by atoms with Gasteiger partial charge in [-0.25, -0.2) is 0 Å². The zero-order valence-electron chi connectivity index (χ0n) is 37.4. The molecule has 0 spiro atoms. The molecule has 0 bridgehead atoms. The summed E-state index contributed by atoms with van der Waals surface area (Å²) in [4.78, 5) is 2.49. The van der Waals surface area contributed by atoms with Crippen molar-refractivity contribution >= 4 is 72.3 Å². The van der Waals surface area contributed by atoms with Crippen molar-refractivity contribution in [3.8, 4) is 33.4 Å². The van der Waals surface area contributed by atoms with Gasteiger partial charge < -0.3 is 4.90 Å². The van der Waals surface area contributed by atoms with E-state index in [1.807, 2.05) is 0 Å². The van der Waals surface area contributed by atoms with E-state index >= 15 is 0 Å². The molecule has 11 aromatic carbocycles. The Bertz CT molecular complexity index is 3650. The van der Waals surface area contributed by atoms with E-state index < -0.39 is 0 Å². The zero-order valence-corrected chi connectivity index (χ0v) is 37.4. The second kappa shape index (κ2) is 16.2. The first-order valence-electron chi connectivity index (χ1n) is 23.4. The van der Waals surface area contributed by atoms with Crippen LogP contribution in [0.3, 0.4) is 0 Å². The summed E-state index contributed by atoms with van der Waals surface area (Å²) in [5.41, 5.74) is 16.3. The molecule has 0 amide bonds. The normalized spacial score (nSPS) is 12.9. The van der Waals surface area contributed by atoms with Gasteiger partial charge in [-0.15, -0.1) is 0 Å². The van der Waals surface area contributed by atoms with Crippen LogP contribution in [0, 0.1) is 0 Å². The number of hydrogen-bond acceptors (Lipinski definition) is 1. The Kier molecular flexibility index (Phi) is 9.72. The number of fused-ring (bicyclic) bond motifs is 9. The summed E-state index contributed by atoms with van der Waals surface area (Å²) >= 11 is 0. The van der Waals surface area contributed by atoms with Gasteiger partial charge >= 0.3 is 0 Å². The minimum Gasteiger partial charge on any atom is -0.310 e. The van der Waals surface area contributed by atoms with Gasteiger partial charge in [0.2, 0.25) is 0 Å². The fourth-order valence-corrected chi connectivity index (χ4v) is 11.1. The Labute approximate surface area is 387 Å². The Hall–Kier alpha value is -8.00. The number of para-hydroxylation sites is 1. The number of benzene rings is 11. The highest BCUT2D eigenvalue weighted by atomic mass is 15.1. The molecule has 0 fully saturated rings. The molecule has 1 aliphatic rings. The Morgan fingerprint density at radius 3 is 1.58 bits per heavy atom. The maximum atomic E-state index is 2.51. The van der Waals surface area contributed by atoms with Gasteiger partial charge in [-0.3, -0.25) is 0 Å². The first kappa shape index (κ1) is 39.6. The lowest BCUT2D eigenvalue weighted by Gasteiger charge is -2.32. The molecule has 1 heteroatoms. The summed E-state index contributed by atoms with van der Waals surface area (Å²) in [6.07, 6.45) is 6.60. The van der Waals surface area contributed by atoms with E-state index in [2.05, 4.69) is 255 Å². The molecule has 0 saturated carbocycles. The molecule has 0 aliphatic heterocycles. The van der Waals surface area contributed by atoms with E-state index in [9.17, 15) is 0 Å². The molecule has 0 N–H and O–H groups in total. The van der Waals surface area contributed by atoms with Crippen LogP contribution in [-0.2, 0) is 5.41 Å². The van der Waals surface area contributed by atoms with Crippen molar-refractivity contribution in [2.75, 3.05) is 4.90 Å². The zero-order chi connectivity index (χ0) is 44.2. The number of hydrogen-bond donors (Lipinski definition) is 0. The molecule has 66 heavy (non-hydrogen) atoms. The molecule has 1 aliphatic carbocycles. The van der Waals surface area contributed by atoms with Gasteiger partial charge in [0.1, 0.15) is 0 Å². The van der Waals surface area contributed by atoms with Crippen LogP contribution in [0.2, 0.25) is 0 Å². The van der Waals surface area contributed by atoms with Crippen LogP contribution >= 0.6 is 0 Å². The van der Waals surface area contributed by atoms with E-state index in [-0.39, 0.29) is 5.41 Å². The molecule has 0 heterocycles. The van der Waals surface area contributed by atoms with E-state index in [1.54, 1.807) is 0 Å². The lowest BCUT2D eigenvalue weighted by molar-refractivity contribution is 0.490.